The molecule has 1 rings (SSSR count). The van der Waals surface area contributed by atoms with Crippen LogP contribution in [0.4, 0.5) is 5.69 Å². The van der Waals surface area contributed by atoms with Crippen LogP contribution in [-0.2, 0) is 23.9 Å². The Balaban J connectivity index is 2.30. The molecule has 8 heteroatoms. The number of likely N-dealkylation sites (N-methyl/N-ethyl adjacent to an activating group) is 1. The third-order valence-electron chi connectivity index (χ3n) is 3.20. The van der Waals surface area contributed by atoms with Crippen molar-refractivity contribution in [2.45, 2.75) is 20.3 Å². The molecule has 1 aromatic carbocycles. The molecule has 0 bridgehead atoms. The molecule has 8 nitrogen and oxygen atoms in total. The van der Waals surface area contributed by atoms with Gasteiger partial charge in [-0.3, -0.25) is 19.2 Å². The second-order valence-corrected chi connectivity index (χ2v) is 5.56. The second kappa shape index (κ2) is 10.1. The fourth-order valence-corrected chi connectivity index (χ4v) is 1.81. The number of hydrogen-bond acceptors (Lipinski definition) is 5. The molecule has 0 unspecified atom stereocenters. The first-order valence-corrected chi connectivity index (χ1v) is 7.78. The molecule has 0 spiro atoms. The first kappa shape index (κ1) is 20.1. The van der Waals surface area contributed by atoms with Crippen molar-refractivity contribution in [2.75, 3.05) is 32.1 Å². The van der Waals surface area contributed by atoms with E-state index in [1.807, 2.05) is 19.1 Å². The number of hydrogen-bond donors (Lipinski definition) is 2. The minimum atomic E-state index is -0.598. The Morgan fingerprint density at radius 1 is 1.12 bits per heavy atom. The molecular formula is C17H23N3O5. The third-order valence-corrected chi connectivity index (χ3v) is 3.20. The molecule has 0 saturated carbocycles. The number of nitrogens with one attached hydrogen (secondary N) is 2. The summed E-state index contributed by atoms with van der Waals surface area (Å²) in [6, 6.07) is 7.27. The highest BCUT2D eigenvalue weighted by Gasteiger charge is 2.15. The van der Waals surface area contributed by atoms with Crippen LogP contribution in [0, 0.1) is 6.92 Å². The number of ether oxygens (including phenoxy) is 1. The van der Waals surface area contributed by atoms with E-state index in [4.69, 9.17) is 4.74 Å². The number of aryl methyl sites for hydroxylation is 1. The molecule has 0 heterocycles. The van der Waals surface area contributed by atoms with Crippen molar-refractivity contribution in [2.24, 2.45) is 0 Å². The van der Waals surface area contributed by atoms with Crippen LogP contribution in [0.2, 0.25) is 0 Å². The fraction of sp³-hybridized carbons (Fsp3) is 0.412. The average Bonchev–Trinajstić information content (AvgIpc) is 2.54. The van der Waals surface area contributed by atoms with Gasteiger partial charge < -0.3 is 20.3 Å². The van der Waals surface area contributed by atoms with E-state index in [2.05, 4.69) is 10.6 Å². The number of benzene rings is 1. The van der Waals surface area contributed by atoms with Crippen LogP contribution in [0.3, 0.4) is 0 Å². The Morgan fingerprint density at radius 3 is 2.36 bits per heavy atom. The minimum Gasteiger partial charge on any atom is -0.456 e. The number of esters is 1. The van der Waals surface area contributed by atoms with Crippen LogP contribution in [0.1, 0.15) is 18.9 Å². The molecule has 0 aromatic heterocycles. The zero-order chi connectivity index (χ0) is 18.8. The molecule has 25 heavy (non-hydrogen) atoms. The van der Waals surface area contributed by atoms with Crippen molar-refractivity contribution in [1.29, 1.82) is 0 Å². The summed E-state index contributed by atoms with van der Waals surface area (Å²) in [5, 5.41) is 5.13. The van der Waals surface area contributed by atoms with Gasteiger partial charge >= 0.3 is 5.97 Å². The molecule has 0 radical (unpaired) electrons. The first-order valence-electron chi connectivity index (χ1n) is 7.78. The van der Waals surface area contributed by atoms with E-state index in [0.29, 0.717) is 5.69 Å². The number of carbonyl (C=O) groups excluding carboxylic acids is 4. The van der Waals surface area contributed by atoms with Crippen LogP contribution < -0.4 is 10.6 Å². The first-order chi connectivity index (χ1) is 11.8. The van der Waals surface area contributed by atoms with E-state index in [1.165, 1.54) is 18.9 Å². The summed E-state index contributed by atoms with van der Waals surface area (Å²) in [5.74, 6) is -1.69. The molecular weight excluding hydrogens is 326 g/mol. The van der Waals surface area contributed by atoms with Gasteiger partial charge in [-0.2, -0.15) is 0 Å². The Labute approximate surface area is 146 Å². The van der Waals surface area contributed by atoms with Gasteiger partial charge in [0.15, 0.2) is 6.61 Å². The Kier molecular flexibility index (Phi) is 8.11. The van der Waals surface area contributed by atoms with E-state index in [9.17, 15) is 19.2 Å². The van der Waals surface area contributed by atoms with Crippen LogP contribution in [0.15, 0.2) is 24.3 Å². The molecule has 0 atom stereocenters. The summed E-state index contributed by atoms with van der Waals surface area (Å²) < 4.78 is 4.81. The van der Waals surface area contributed by atoms with Gasteiger partial charge in [0, 0.05) is 26.2 Å². The third kappa shape index (κ3) is 8.50. The van der Waals surface area contributed by atoms with Gasteiger partial charge in [-0.05, 0) is 19.1 Å². The number of anilines is 1. The van der Waals surface area contributed by atoms with Gasteiger partial charge in [-0.1, -0.05) is 17.7 Å². The molecule has 3 amide bonds. The van der Waals surface area contributed by atoms with Crippen LogP contribution >= 0.6 is 0 Å². The Morgan fingerprint density at radius 2 is 1.76 bits per heavy atom. The lowest BCUT2D eigenvalue weighted by molar-refractivity contribution is -0.151. The number of rotatable bonds is 8. The predicted octanol–water partition coefficient (Wildman–Crippen LogP) is 0.461. The Bertz CT molecular complexity index is 628. The van der Waals surface area contributed by atoms with Crippen molar-refractivity contribution < 1.29 is 23.9 Å². The molecule has 0 fully saturated rings. The SMILES string of the molecule is CC(=O)NCCC(=O)OCC(=O)N(C)CC(=O)Nc1ccc(C)cc1. The van der Waals surface area contributed by atoms with Gasteiger partial charge in [0.05, 0.1) is 13.0 Å². The number of amides is 3. The highest BCUT2D eigenvalue weighted by Crippen LogP contribution is 2.08. The van der Waals surface area contributed by atoms with E-state index in [1.54, 1.807) is 12.1 Å². The molecule has 1 aromatic rings. The van der Waals surface area contributed by atoms with E-state index in [-0.39, 0.29) is 31.3 Å². The fourth-order valence-electron chi connectivity index (χ4n) is 1.81. The van der Waals surface area contributed by atoms with Crippen molar-refractivity contribution in [1.82, 2.24) is 10.2 Å². The summed E-state index contributed by atoms with van der Waals surface area (Å²) in [6.45, 7) is 2.82. The summed E-state index contributed by atoms with van der Waals surface area (Å²) in [5.41, 5.74) is 1.71. The van der Waals surface area contributed by atoms with E-state index >= 15 is 0 Å². The zero-order valence-corrected chi connectivity index (χ0v) is 14.6. The van der Waals surface area contributed by atoms with E-state index in [0.717, 1.165) is 5.56 Å². The second-order valence-electron chi connectivity index (χ2n) is 5.56. The maximum absolute atomic E-state index is 11.9. The largest absolute Gasteiger partial charge is 0.456 e. The highest BCUT2D eigenvalue weighted by atomic mass is 16.5. The quantitative estimate of drug-likeness (QED) is 0.664. The van der Waals surface area contributed by atoms with Crippen molar-refractivity contribution in [3.05, 3.63) is 29.8 Å². The molecule has 0 aliphatic carbocycles. The van der Waals surface area contributed by atoms with Gasteiger partial charge in [0.2, 0.25) is 11.8 Å². The van der Waals surface area contributed by atoms with E-state index < -0.39 is 18.5 Å². The number of nitrogens with zero attached hydrogens (tertiary/aromatic N) is 1. The lowest BCUT2D eigenvalue weighted by Gasteiger charge is -2.17. The van der Waals surface area contributed by atoms with Crippen LogP contribution in [-0.4, -0.2) is 55.3 Å². The van der Waals surface area contributed by atoms with Crippen LogP contribution in [0.25, 0.3) is 0 Å². The zero-order valence-electron chi connectivity index (χ0n) is 14.6. The molecule has 136 valence electrons. The van der Waals surface area contributed by atoms with Crippen molar-refractivity contribution in [3.63, 3.8) is 0 Å². The Hall–Kier alpha value is -2.90. The highest BCUT2D eigenvalue weighted by molar-refractivity contribution is 5.94. The lowest BCUT2D eigenvalue weighted by Crippen LogP contribution is -2.37. The summed E-state index contributed by atoms with van der Waals surface area (Å²) in [4.78, 5) is 47.0. The van der Waals surface area contributed by atoms with Gasteiger partial charge in [-0.25, -0.2) is 0 Å². The molecule has 2 N–H and O–H groups in total. The summed E-state index contributed by atoms with van der Waals surface area (Å²) >= 11 is 0. The van der Waals surface area contributed by atoms with Gasteiger partial charge in [0.25, 0.3) is 5.91 Å². The summed E-state index contributed by atoms with van der Waals surface area (Å²) in [6.07, 6.45) is -0.0233. The molecule has 0 saturated heterocycles. The average molecular weight is 349 g/mol. The summed E-state index contributed by atoms with van der Waals surface area (Å²) in [7, 11) is 1.45. The smallest absolute Gasteiger partial charge is 0.308 e. The maximum Gasteiger partial charge on any atom is 0.308 e. The van der Waals surface area contributed by atoms with Gasteiger partial charge in [-0.15, -0.1) is 0 Å². The normalized spacial score (nSPS) is 9.88. The predicted molar refractivity (Wildman–Crippen MR) is 91.7 cm³/mol. The standard InChI is InChI=1S/C17H23N3O5/c1-12-4-6-14(7-5-12)19-15(22)10-20(3)16(23)11-25-17(24)8-9-18-13(2)21/h4-7H,8-11H2,1-3H3,(H,18,21)(H,19,22). The minimum absolute atomic E-state index is 0.0233. The van der Waals surface area contributed by atoms with Gasteiger partial charge in [0.1, 0.15) is 0 Å². The lowest BCUT2D eigenvalue weighted by atomic mass is 10.2. The molecule has 0 aliphatic rings. The van der Waals surface area contributed by atoms with Crippen molar-refractivity contribution >= 4 is 29.4 Å². The maximum atomic E-state index is 11.9. The van der Waals surface area contributed by atoms with Crippen molar-refractivity contribution in [3.8, 4) is 0 Å². The number of carbonyl (C=O) groups is 4. The monoisotopic (exact) mass is 349 g/mol. The molecule has 0 aliphatic heterocycles. The topological polar surface area (TPSA) is 105 Å². The van der Waals surface area contributed by atoms with Crippen LogP contribution in [0.5, 0.6) is 0 Å².